The number of guanidine groups is 1. The minimum Gasteiger partial charge on any atom is -0.494 e. The number of hydrogen-bond donors (Lipinski definition) is 2. The van der Waals surface area contributed by atoms with Crippen LogP contribution in [0.3, 0.4) is 0 Å². The molecular formula is C24H30N4O3. The van der Waals surface area contributed by atoms with Crippen LogP contribution in [0.25, 0.3) is 10.8 Å². The molecule has 0 aliphatic heterocycles. The fraction of sp³-hybridized carbons (Fsp3) is 0.333. The van der Waals surface area contributed by atoms with E-state index in [1.807, 2.05) is 30.3 Å². The lowest BCUT2D eigenvalue weighted by Gasteiger charge is -2.13. The SMILES string of the molecule is CN=C(NCCCOc1ccc2ccccc2c1)NCc1ccc(OCCOC)nc1. The summed E-state index contributed by atoms with van der Waals surface area (Å²) in [6.45, 7) is 3.05. The van der Waals surface area contributed by atoms with Crippen LogP contribution in [0.1, 0.15) is 12.0 Å². The number of aliphatic imine (C=N–C) groups is 1. The van der Waals surface area contributed by atoms with E-state index in [2.05, 4.69) is 44.9 Å². The van der Waals surface area contributed by atoms with Gasteiger partial charge in [-0.15, -0.1) is 0 Å². The zero-order valence-corrected chi connectivity index (χ0v) is 18.1. The van der Waals surface area contributed by atoms with Gasteiger partial charge < -0.3 is 24.8 Å². The molecule has 0 unspecified atom stereocenters. The van der Waals surface area contributed by atoms with E-state index in [0.717, 1.165) is 30.2 Å². The topological polar surface area (TPSA) is 77.0 Å². The van der Waals surface area contributed by atoms with Crippen LogP contribution in [-0.4, -0.2) is 51.5 Å². The van der Waals surface area contributed by atoms with Crippen molar-refractivity contribution in [3.8, 4) is 11.6 Å². The van der Waals surface area contributed by atoms with Crippen LogP contribution in [0.15, 0.2) is 65.8 Å². The van der Waals surface area contributed by atoms with E-state index in [1.54, 1.807) is 20.4 Å². The smallest absolute Gasteiger partial charge is 0.213 e. The minimum absolute atomic E-state index is 0.488. The normalized spacial score (nSPS) is 11.4. The van der Waals surface area contributed by atoms with Crippen molar-refractivity contribution in [2.24, 2.45) is 4.99 Å². The van der Waals surface area contributed by atoms with Gasteiger partial charge >= 0.3 is 0 Å². The summed E-state index contributed by atoms with van der Waals surface area (Å²) < 4.78 is 16.3. The summed E-state index contributed by atoms with van der Waals surface area (Å²) in [5, 5.41) is 8.99. The van der Waals surface area contributed by atoms with Gasteiger partial charge in [0, 0.05) is 39.5 Å². The molecule has 2 aromatic carbocycles. The minimum atomic E-state index is 0.488. The van der Waals surface area contributed by atoms with Crippen LogP contribution in [-0.2, 0) is 11.3 Å². The van der Waals surface area contributed by atoms with Gasteiger partial charge in [0.2, 0.25) is 5.88 Å². The Kier molecular flexibility index (Phi) is 8.94. The maximum absolute atomic E-state index is 5.88. The first-order chi connectivity index (χ1) is 15.3. The Labute approximate surface area is 183 Å². The molecular weight excluding hydrogens is 392 g/mol. The lowest BCUT2D eigenvalue weighted by atomic mass is 10.1. The summed E-state index contributed by atoms with van der Waals surface area (Å²) in [5.74, 6) is 2.23. The number of methoxy groups -OCH3 is 1. The van der Waals surface area contributed by atoms with E-state index < -0.39 is 0 Å². The van der Waals surface area contributed by atoms with Crippen molar-refractivity contribution in [2.75, 3.05) is 40.5 Å². The maximum Gasteiger partial charge on any atom is 0.213 e. The first-order valence-electron chi connectivity index (χ1n) is 10.4. The van der Waals surface area contributed by atoms with Crippen LogP contribution in [0.4, 0.5) is 0 Å². The lowest BCUT2D eigenvalue weighted by Crippen LogP contribution is -2.37. The van der Waals surface area contributed by atoms with Crippen molar-refractivity contribution in [2.45, 2.75) is 13.0 Å². The van der Waals surface area contributed by atoms with Gasteiger partial charge in [0.05, 0.1) is 13.2 Å². The van der Waals surface area contributed by atoms with E-state index in [9.17, 15) is 0 Å². The average molecular weight is 423 g/mol. The van der Waals surface area contributed by atoms with Crippen molar-refractivity contribution >= 4 is 16.7 Å². The number of pyridine rings is 1. The lowest BCUT2D eigenvalue weighted by molar-refractivity contribution is 0.143. The van der Waals surface area contributed by atoms with E-state index in [-0.39, 0.29) is 0 Å². The molecule has 0 spiro atoms. The van der Waals surface area contributed by atoms with Crippen molar-refractivity contribution < 1.29 is 14.2 Å². The van der Waals surface area contributed by atoms with Gasteiger partial charge in [-0.25, -0.2) is 4.98 Å². The number of rotatable bonds is 11. The molecule has 31 heavy (non-hydrogen) atoms. The summed E-state index contributed by atoms with van der Waals surface area (Å²) >= 11 is 0. The van der Waals surface area contributed by atoms with Gasteiger partial charge in [-0.05, 0) is 34.9 Å². The third kappa shape index (κ3) is 7.46. The molecule has 0 saturated carbocycles. The molecule has 164 valence electrons. The molecule has 0 amide bonds. The Morgan fingerprint density at radius 3 is 2.58 bits per heavy atom. The van der Waals surface area contributed by atoms with Gasteiger partial charge in [0.25, 0.3) is 0 Å². The van der Waals surface area contributed by atoms with Crippen molar-refractivity contribution in [3.05, 3.63) is 66.4 Å². The van der Waals surface area contributed by atoms with Gasteiger partial charge in [0.15, 0.2) is 5.96 Å². The molecule has 3 rings (SSSR count). The fourth-order valence-corrected chi connectivity index (χ4v) is 2.96. The Balaban J connectivity index is 1.33. The molecule has 0 fully saturated rings. The summed E-state index contributed by atoms with van der Waals surface area (Å²) in [6, 6.07) is 18.3. The zero-order chi connectivity index (χ0) is 21.7. The molecule has 2 N–H and O–H groups in total. The monoisotopic (exact) mass is 422 g/mol. The molecule has 7 heteroatoms. The van der Waals surface area contributed by atoms with E-state index >= 15 is 0 Å². The molecule has 7 nitrogen and oxygen atoms in total. The highest BCUT2D eigenvalue weighted by molar-refractivity contribution is 5.83. The second-order valence-electron chi connectivity index (χ2n) is 6.91. The Hall–Kier alpha value is -3.32. The quantitative estimate of drug-likeness (QED) is 0.280. The summed E-state index contributed by atoms with van der Waals surface area (Å²) in [4.78, 5) is 8.55. The molecule has 0 radical (unpaired) electrons. The number of hydrogen-bond acceptors (Lipinski definition) is 5. The summed E-state index contributed by atoms with van der Waals surface area (Å²) in [7, 11) is 3.40. The van der Waals surface area contributed by atoms with Crippen molar-refractivity contribution in [3.63, 3.8) is 0 Å². The van der Waals surface area contributed by atoms with Crippen LogP contribution < -0.4 is 20.1 Å². The second-order valence-corrected chi connectivity index (χ2v) is 6.91. The number of aromatic nitrogens is 1. The van der Waals surface area contributed by atoms with Gasteiger partial charge in [0.1, 0.15) is 12.4 Å². The van der Waals surface area contributed by atoms with Crippen LogP contribution >= 0.6 is 0 Å². The van der Waals surface area contributed by atoms with E-state index in [1.165, 1.54) is 10.8 Å². The number of benzene rings is 2. The van der Waals surface area contributed by atoms with E-state index in [4.69, 9.17) is 14.2 Å². The van der Waals surface area contributed by atoms with Gasteiger partial charge in [-0.3, -0.25) is 4.99 Å². The summed E-state index contributed by atoms with van der Waals surface area (Å²) in [5.41, 5.74) is 1.04. The average Bonchev–Trinajstić information content (AvgIpc) is 2.81. The molecule has 0 saturated heterocycles. The predicted molar refractivity (Wildman–Crippen MR) is 124 cm³/mol. The third-order valence-corrected chi connectivity index (χ3v) is 4.62. The standard InChI is InChI=1S/C24H30N4O3/c1-25-24(28-18-19-8-11-23(27-17-19)31-15-14-29-2)26-12-5-13-30-22-10-9-20-6-3-4-7-21(20)16-22/h3-4,6-11,16-17H,5,12-15,18H2,1-2H3,(H2,25,26,28). The molecule has 0 aliphatic rings. The number of nitrogens with zero attached hydrogens (tertiary/aromatic N) is 2. The molecule has 0 bridgehead atoms. The number of nitrogens with one attached hydrogen (secondary N) is 2. The summed E-state index contributed by atoms with van der Waals surface area (Å²) in [6.07, 6.45) is 2.66. The maximum atomic E-state index is 5.88. The largest absolute Gasteiger partial charge is 0.494 e. The Morgan fingerprint density at radius 1 is 0.935 bits per heavy atom. The molecule has 0 atom stereocenters. The van der Waals surface area contributed by atoms with Gasteiger partial charge in [-0.2, -0.15) is 0 Å². The van der Waals surface area contributed by atoms with E-state index in [0.29, 0.717) is 32.2 Å². The first-order valence-corrected chi connectivity index (χ1v) is 10.4. The molecule has 1 aromatic heterocycles. The number of ether oxygens (including phenoxy) is 3. The highest BCUT2D eigenvalue weighted by atomic mass is 16.5. The highest BCUT2D eigenvalue weighted by Crippen LogP contribution is 2.20. The Morgan fingerprint density at radius 2 is 1.81 bits per heavy atom. The molecule has 1 heterocycles. The van der Waals surface area contributed by atoms with Crippen LogP contribution in [0.5, 0.6) is 11.6 Å². The van der Waals surface area contributed by atoms with Crippen molar-refractivity contribution in [1.82, 2.24) is 15.6 Å². The third-order valence-electron chi connectivity index (χ3n) is 4.62. The highest BCUT2D eigenvalue weighted by Gasteiger charge is 2.01. The second kappa shape index (κ2) is 12.4. The molecule has 0 aliphatic carbocycles. The number of fused-ring (bicyclic) bond motifs is 1. The predicted octanol–water partition coefficient (Wildman–Crippen LogP) is 3.39. The first kappa shape index (κ1) is 22.4. The van der Waals surface area contributed by atoms with Gasteiger partial charge in [-0.1, -0.05) is 36.4 Å². The zero-order valence-electron chi connectivity index (χ0n) is 18.1. The molecule has 3 aromatic rings. The van der Waals surface area contributed by atoms with Crippen LogP contribution in [0, 0.1) is 0 Å². The van der Waals surface area contributed by atoms with Crippen LogP contribution in [0.2, 0.25) is 0 Å². The van der Waals surface area contributed by atoms with Crippen molar-refractivity contribution in [1.29, 1.82) is 0 Å². The fourth-order valence-electron chi connectivity index (χ4n) is 2.96. The Bertz CT molecular complexity index is 960.